The van der Waals surface area contributed by atoms with Crippen molar-refractivity contribution in [1.29, 1.82) is 0 Å². The predicted octanol–water partition coefficient (Wildman–Crippen LogP) is 8.44. The molecule has 0 rings (SSSR count). The number of hydrogen-bond donors (Lipinski definition) is 0. The fraction of sp³-hybridized carbons (Fsp3) is 0. The maximum atomic E-state index is 5.00. The van der Waals surface area contributed by atoms with Gasteiger partial charge in [-0.05, 0) is 0 Å². The van der Waals surface area contributed by atoms with Gasteiger partial charge < -0.3 is 0 Å². The van der Waals surface area contributed by atoms with Crippen LogP contribution >= 0.6 is 134 Å². The fourth-order valence-corrected chi connectivity index (χ4v) is 0. The van der Waals surface area contributed by atoms with Crippen LogP contribution in [0.2, 0.25) is 0 Å². The molecule has 135 valence electrons. The minimum absolute atomic E-state index is 0. The molecule has 0 spiro atoms. The molecule has 5 radical (unpaired) electrons. The van der Waals surface area contributed by atoms with Gasteiger partial charge in [-0.2, -0.15) is 0 Å². The second kappa shape index (κ2) is 39.5. The SMILES string of the molecule is [Cl][Sn]([Cl])[Cl].[Cl][Sn]([Cl])[Cl].[Cl][Sn]([Cl])[Cl].[Cl][Sn]([Cl])[Cl].[Cl][Sn]([Cl])[Cl].[Pt]. The van der Waals surface area contributed by atoms with Gasteiger partial charge in [0.1, 0.15) is 0 Å². The van der Waals surface area contributed by atoms with E-state index in [9.17, 15) is 0 Å². The molecule has 0 amide bonds. The minimum atomic E-state index is -2.13. The van der Waals surface area contributed by atoms with Gasteiger partial charge in [0.25, 0.3) is 0 Å². The first-order chi connectivity index (χ1) is 8.66. The minimum Gasteiger partial charge on any atom is 0 e. The maximum Gasteiger partial charge on any atom is 0 e. The second-order valence-corrected chi connectivity index (χ2v) is 64.7. The molecule has 0 aromatic heterocycles. The van der Waals surface area contributed by atoms with Gasteiger partial charge in [-0.15, -0.1) is 0 Å². The van der Waals surface area contributed by atoms with Crippen molar-refractivity contribution in [2.24, 2.45) is 0 Å². The molecule has 0 bridgehead atoms. The van der Waals surface area contributed by atoms with E-state index in [1.54, 1.807) is 0 Å². The zero-order valence-corrected chi connectivity index (χ0v) is 36.4. The van der Waals surface area contributed by atoms with E-state index in [1.165, 1.54) is 0 Å². The molecule has 0 aliphatic heterocycles. The summed E-state index contributed by atoms with van der Waals surface area (Å²) in [6.07, 6.45) is 0. The molecule has 0 unspecified atom stereocenters. The maximum absolute atomic E-state index is 5.00. The summed E-state index contributed by atoms with van der Waals surface area (Å²) >= 11 is -10.6. The molecular formula is Cl15PtSn5. The zero-order chi connectivity index (χ0) is 17.9. The Morgan fingerprint density at radius 3 is 0.238 bits per heavy atom. The van der Waals surface area contributed by atoms with Crippen molar-refractivity contribution in [3.63, 3.8) is 0 Å². The Morgan fingerprint density at radius 1 is 0.238 bits per heavy atom. The van der Waals surface area contributed by atoms with Crippen LogP contribution in [0.25, 0.3) is 0 Å². The second-order valence-electron chi connectivity index (χ2n) is 1.07. The largest absolute Gasteiger partial charge is 0 e. The van der Waals surface area contributed by atoms with Gasteiger partial charge in [0.05, 0.1) is 0 Å². The first kappa shape index (κ1) is 43.8. The van der Waals surface area contributed by atoms with Crippen LogP contribution in [0.4, 0.5) is 0 Å². The Labute approximate surface area is 230 Å². The van der Waals surface area contributed by atoms with Crippen LogP contribution in [-0.4, -0.2) is 81.9 Å². The summed E-state index contributed by atoms with van der Waals surface area (Å²) in [6.45, 7) is 0. The molecule has 0 saturated carbocycles. The van der Waals surface area contributed by atoms with Gasteiger partial charge in [-0.1, -0.05) is 0 Å². The molecule has 21 heteroatoms. The van der Waals surface area contributed by atoms with E-state index in [2.05, 4.69) is 0 Å². The standard InChI is InChI=1S/15ClH.Pt.5Sn/h15*1H;;;;;;/q;;;;;;;;;;;;;;;;5*+3/p-15. The average molecular weight is 1320 g/mol. The molecule has 0 aliphatic rings. The molecule has 0 heterocycles. The molecule has 0 aliphatic carbocycles. The fourth-order valence-electron chi connectivity index (χ4n) is 0. The molecule has 0 saturated heterocycles. The zero-order valence-electron chi connectivity index (χ0n) is 8.49. The van der Waals surface area contributed by atoms with Gasteiger partial charge in [0.2, 0.25) is 0 Å². The van der Waals surface area contributed by atoms with Gasteiger partial charge in [-0.3, -0.25) is 0 Å². The Balaban J connectivity index is -0.0000000331. The van der Waals surface area contributed by atoms with Gasteiger partial charge in [0.15, 0.2) is 0 Å². The topological polar surface area (TPSA) is 0 Å². The molecule has 0 fully saturated rings. The number of hydrogen-bond acceptors (Lipinski definition) is 0. The molecule has 0 aromatic rings. The summed E-state index contributed by atoms with van der Waals surface area (Å²) in [5, 5.41) is 0. The summed E-state index contributed by atoms with van der Waals surface area (Å²) < 4.78 is 0. The van der Waals surface area contributed by atoms with E-state index < -0.39 is 81.9 Å². The Morgan fingerprint density at radius 2 is 0.238 bits per heavy atom. The number of rotatable bonds is 0. The predicted molar refractivity (Wildman–Crippen MR) is 117 cm³/mol. The molecular weight excluding hydrogens is 1320 g/mol. The van der Waals surface area contributed by atoms with E-state index in [1.807, 2.05) is 0 Å². The summed E-state index contributed by atoms with van der Waals surface area (Å²) in [5.74, 6) is 0. The van der Waals surface area contributed by atoms with E-state index in [0.717, 1.165) is 0 Å². The quantitative estimate of drug-likeness (QED) is 0.214. The van der Waals surface area contributed by atoms with E-state index in [4.69, 9.17) is 134 Å². The third-order valence-corrected chi connectivity index (χ3v) is 0. The molecule has 0 N–H and O–H groups in total. The van der Waals surface area contributed by atoms with E-state index in [-0.39, 0.29) is 21.1 Å². The van der Waals surface area contributed by atoms with Crippen molar-refractivity contribution in [3.05, 3.63) is 0 Å². The van der Waals surface area contributed by atoms with Crippen molar-refractivity contribution in [2.45, 2.75) is 0 Å². The van der Waals surface area contributed by atoms with Crippen molar-refractivity contribution in [2.75, 3.05) is 0 Å². The Bertz CT molecular complexity index is 80.6. The van der Waals surface area contributed by atoms with Crippen molar-refractivity contribution in [3.8, 4) is 0 Å². The molecule has 0 aromatic carbocycles. The van der Waals surface area contributed by atoms with Gasteiger partial charge >= 0.3 is 216 Å². The van der Waals surface area contributed by atoms with Crippen LogP contribution in [-0.2, 0) is 21.1 Å². The van der Waals surface area contributed by atoms with Crippen LogP contribution in [0, 0.1) is 0 Å². The smallest absolute Gasteiger partial charge is 0 e. The molecule has 0 atom stereocenters. The van der Waals surface area contributed by atoms with Crippen LogP contribution in [0.15, 0.2) is 0 Å². The average Bonchev–Trinajstić information content (AvgIpc) is 1.94. The third kappa shape index (κ3) is 260. The molecule has 0 nitrogen and oxygen atoms in total. The van der Waals surface area contributed by atoms with E-state index >= 15 is 0 Å². The summed E-state index contributed by atoms with van der Waals surface area (Å²) in [6, 6.07) is 0. The summed E-state index contributed by atoms with van der Waals surface area (Å²) in [5.41, 5.74) is 0. The first-order valence-electron chi connectivity index (χ1n) is 2.83. The number of halogens is 15. The van der Waals surface area contributed by atoms with Crippen LogP contribution in [0.3, 0.4) is 0 Å². The summed E-state index contributed by atoms with van der Waals surface area (Å²) in [7, 11) is 75.0. The van der Waals surface area contributed by atoms with Crippen molar-refractivity contribution in [1.82, 2.24) is 0 Å². The van der Waals surface area contributed by atoms with Crippen LogP contribution in [0.5, 0.6) is 0 Å². The van der Waals surface area contributed by atoms with Crippen molar-refractivity contribution >= 4 is 216 Å². The Hall–Kier alpha value is 9.03. The summed E-state index contributed by atoms with van der Waals surface area (Å²) in [4.78, 5) is 0. The van der Waals surface area contributed by atoms with Crippen LogP contribution in [0.1, 0.15) is 0 Å². The van der Waals surface area contributed by atoms with Gasteiger partial charge in [0, 0.05) is 21.1 Å². The first-order valence-corrected chi connectivity index (χ1v) is 57.0. The van der Waals surface area contributed by atoms with Crippen molar-refractivity contribution < 1.29 is 21.1 Å². The monoisotopic (exact) mass is 1320 g/mol. The Kier molecular flexibility index (Phi) is 82.4. The van der Waals surface area contributed by atoms with Gasteiger partial charge in [-0.25, -0.2) is 0 Å². The van der Waals surface area contributed by atoms with E-state index in [0.29, 0.717) is 0 Å². The van der Waals surface area contributed by atoms with Crippen LogP contribution < -0.4 is 0 Å². The third-order valence-electron chi connectivity index (χ3n) is 0. The normalized spacial score (nSPS) is 8.57. The molecule has 21 heavy (non-hydrogen) atoms.